The molecule has 1 heterocycles. The summed E-state index contributed by atoms with van der Waals surface area (Å²) >= 11 is 0. The summed E-state index contributed by atoms with van der Waals surface area (Å²) in [5, 5.41) is 3.04. The molecule has 2 atom stereocenters. The Labute approximate surface area is 116 Å². The summed E-state index contributed by atoms with van der Waals surface area (Å²) in [5.41, 5.74) is 0. The van der Waals surface area contributed by atoms with Gasteiger partial charge in [0.2, 0.25) is 0 Å². The van der Waals surface area contributed by atoms with Crippen LogP contribution in [-0.4, -0.2) is 56.5 Å². The van der Waals surface area contributed by atoms with Gasteiger partial charge in [-0.15, -0.1) is 0 Å². The van der Waals surface area contributed by atoms with Gasteiger partial charge in [-0.05, 0) is 25.7 Å². The average molecular weight is 272 g/mol. The van der Waals surface area contributed by atoms with Crippen LogP contribution in [0, 0.1) is 5.92 Å². The molecule has 1 fully saturated rings. The smallest absolute Gasteiger partial charge is 0.318 e. The van der Waals surface area contributed by atoms with Gasteiger partial charge in [-0.2, -0.15) is 0 Å². The molecule has 1 saturated heterocycles. The second-order valence-electron chi connectivity index (χ2n) is 5.68. The van der Waals surface area contributed by atoms with Crippen LogP contribution in [0.2, 0.25) is 0 Å². The van der Waals surface area contributed by atoms with Crippen molar-refractivity contribution >= 4 is 6.03 Å². The Morgan fingerprint density at radius 1 is 1.47 bits per heavy atom. The molecule has 112 valence electrons. The maximum atomic E-state index is 12.3. The minimum Gasteiger partial charge on any atom is -0.385 e. The molecule has 1 aliphatic rings. The van der Waals surface area contributed by atoms with E-state index >= 15 is 0 Å². The summed E-state index contributed by atoms with van der Waals surface area (Å²) in [7, 11) is 1.68. The van der Waals surface area contributed by atoms with Crippen molar-refractivity contribution in [1.82, 2.24) is 10.2 Å². The molecule has 0 aliphatic carbocycles. The van der Waals surface area contributed by atoms with Crippen molar-refractivity contribution in [3.05, 3.63) is 0 Å². The number of amides is 2. The molecule has 0 aromatic carbocycles. The fraction of sp³-hybridized carbons (Fsp3) is 0.929. The molecular weight excluding hydrogens is 244 g/mol. The molecule has 19 heavy (non-hydrogen) atoms. The molecule has 1 aliphatic heterocycles. The Morgan fingerprint density at radius 3 is 2.84 bits per heavy atom. The van der Waals surface area contributed by atoms with E-state index in [0.717, 1.165) is 12.8 Å². The lowest BCUT2D eigenvalue weighted by Crippen LogP contribution is -2.54. The van der Waals surface area contributed by atoms with E-state index in [9.17, 15) is 4.79 Å². The Bertz CT molecular complexity index is 271. The van der Waals surface area contributed by atoms with E-state index in [-0.39, 0.29) is 18.1 Å². The van der Waals surface area contributed by atoms with Gasteiger partial charge in [0, 0.05) is 26.3 Å². The van der Waals surface area contributed by atoms with Gasteiger partial charge >= 0.3 is 6.03 Å². The Kier molecular flexibility index (Phi) is 7.16. The fourth-order valence-electron chi connectivity index (χ4n) is 2.32. The molecule has 0 spiro atoms. The molecule has 0 saturated carbocycles. The molecule has 5 heteroatoms. The van der Waals surface area contributed by atoms with Crippen molar-refractivity contribution in [3.8, 4) is 0 Å². The lowest BCUT2D eigenvalue weighted by atomic mass is 10.0. The number of hydrogen-bond donors (Lipinski definition) is 1. The van der Waals surface area contributed by atoms with Gasteiger partial charge in [0.1, 0.15) is 0 Å². The normalized spacial score (nSPS) is 21.5. The predicted molar refractivity (Wildman–Crippen MR) is 75.3 cm³/mol. The van der Waals surface area contributed by atoms with Crippen LogP contribution in [0.25, 0.3) is 0 Å². The first-order valence-electron chi connectivity index (χ1n) is 7.18. The second kappa shape index (κ2) is 8.38. The number of hydrogen-bond acceptors (Lipinski definition) is 3. The van der Waals surface area contributed by atoms with Crippen LogP contribution in [0.4, 0.5) is 4.79 Å². The molecule has 2 amide bonds. The molecular formula is C14H28N2O3. The quantitative estimate of drug-likeness (QED) is 0.803. The number of morpholine rings is 1. The van der Waals surface area contributed by atoms with Crippen molar-refractivity contribution in [2.24, 2.45) is 5.92 Å². The van der Waals surface area contributed by atoms with Gasteiger partial charge < -0.3 is 19.7 Å². The molecule has 0 aromatic heterocycles. The van der Waals surface area contributed by atoms with Gasteiger partial charge in [-0.3, -0.25) is 0 Å². The minimum absolute atomic E-state index is 0.0255. The van der Waals surface area contributed by atoms with E-state index in [1.165, 1.54) is 0 Å². The maximum absolute atomic E-state index is 12.3. The Hall–Kier alpha value is -0.810. The van der Waals surface area contributed by atoms with Crippen molar-refractivity contribution in [2.45, 2.75) is 45.7 Å². The number of rotatable bonds is 6. The lowest BCUT2D eigenvalue weighted by molar-refractivity contribution is 0.00493. The zero-order valence-electron chi connectivity index (χ0n) is 12.6. The summed E-state index contributed by atoms with van der Waals surface area (Å²) in [6.07, 6.45) is 1.82. The molecule has 0 bridgehead atoms. The van der Waals surface area contributed by atoms with E-state index in [2.05, 4.69) is 19.2 Å². The van der Waals surface area contributed by atoms with Gasteiger partial charge in [-0.25, -0.2) is 4.79 Å². The van der Waals surface area contributed by atoms with Gasteiger partial charge in [0.15, 0.2) is 0 Å². The van der Waals surface area contributed by atoms with E-state index in [4.69, 9.17) is 9.47 Å². The maximum Gasteiger partial charge on any atom is 0.318 e. The number of ether oxygens (including phenoxy) is 2. The predicted octanol–water partition coefficient (Wildman–Crippen LogP) is 1.87. The first-order chi connectivity index (χ1) is 9.04. The van der Waals surface area contributed by atoms with Crippen LogP contribution in [0.3, 0.4) is 0 Å². The van der Waals surface area contributed by atoms with Crippen LogP contribution in [0.15, 0.2) is 0 Å². The number of nitrogens with zero attached hydrogens (tertiary/aromatic N) is 1. The third kappa shape index (κ3) is 5.78. The second-order valence-corrected chi connectivity index (χ2v) is 5.68. The highest BCUT2D eigenvalue weighted by Gasteiger charge is 2.28. The Morgan fingerprint density at radius 2 is 2.21 bits per heavy atom. The third-order valence-corrected chi connectivity index (χ3v) is 3.36. The zero-order chi connectivity index (χ0) is 14.3. The highest BCUT2D eigenvalue weighted by molar-refractivity contribution is 5.75. The van der Waals surface area contributed by atoms with E-state index in [1.807, 2.05) is 11.8 Å². The van der Waals surface area contributed by atoms with Gasteiger partial charge in [0.05, 0.1) is 19.3 Å². The summed E-state index contributed by atoms with van der Waals surface area (Å²) in [5.74, 6) is 0.563. The van der Waals surface area contributed by atoms with Crippen molar-refractivity contribution < 1.29 is 14.3 Å². The summed E-state index contributed by atoms with van der Waals surface area (Å²) < 4.78 is 10.5. The van der Waals surface area contributed by atoms with E-state index in [1.54, 1.807) is 7.11 Å². The van der Waals surface area contributed by atoms with E-state index < -0.39 is 0 Å². The molecule has 1 rings (SSSR count). The van der Waals surface area contributed by atoms with Crippen LogP contribution >= 0.6 is 0 Å². The third-order valence-electron chi connectivity index (χ3n) is 3.36. The highest BCUT2D eigenvalue weighted by atomic mass is 16.5. The van der Waals surface area contributed by atoms with Crippen molar-refractivity contribution in [1.29, 1.82) is 0 Å². The van der Waals surface area contributed by atoms with Crippen LogP contribution in [0.1, 0.15) is 33.6 Å². The number of urea groups is 1. The van der Waals surface area contributed by atoms with Gasteiger partial charge in [0.25, 0.3) is 0 Å². The molecule has 1 N–H and O–H groups in total. The van der Waals surface area contributed by atoms with Crippen LogP contribution < -0.4 is 5.32 Å². The minimum atomic E-state index is 0.0255. The largest absolute Gasteiger partial charge is 0.385 e. The first-order valence-corrected chi connectivity index (χ1v) is 7.18. The molecule has 5 nitrogen and oxygen atoms in total. The number of carbonyl (C=O) groups is 1. The van der Waals surface area contributed by atoms with Crippen molar-refractivity contribution in [2.75, 3.05) is 33.5 Å². The Balaban J connectivity index is 2.47. The number of nitrogens with one attached hydrogen (secondary N) is 1. The van der Waals surface area contributed by atoms with Gasteiger partial charge in [-0.1, -0.05) is 13.8 Å². The standard InChI is InChI=1S/C14H28N2O3/c1-11(2)9-13-10-19-8-6-16(13)14(17)15-12(3)5-7-18-4/h11-13H,5-10H2,1-4H3,(H,15,17). The van der Waals surface area contributed by atoms with Crippen molar-refractivity contribution in [3.63, 3.8) is 0 Å². The van der Waals surface area contributed by atoms with Crippen LogP contribution in [0.5, 0.6) is 0 Å². The topological polar surface area (TPSA) is 50.8 Å². The monoisotopic (exact) mass is 272 g/mol. The summed E-state index contributed by atoms with van der Waals surface area (Å²) in [4.78, 5) is 14.2. The number of methoxy groups -OCH3 is 1. The molecule has 0 radical (unpaired) electrons. The van der Waals surface area contributed by atoms with Crippen LogP contribution in [-0.2, 0) is 9.47 Å². The van der Waals surface area contributed by atoms with E-state index in [0.29, 0.717) is 32.3 Å². The first kappa shape index (κ1) is 16.2. The number of carbonyl (C=O) groups excluding carboxylic acids is 1. The highest BCUT2D eigenvalue weighted by Crippen LogP contribution is 2.16. The SMILES string of the molecule is COCCC(C)NC(=O)N1CCOCC1CC(C)C. The average Bonchev–Trinajstić information content (AvgIpc) is 2.36. The molecule has 0 aromatic rings. The lowest BCUT2D eigenvalue weighted by Gasteiger charge is -2.37. The molecule has 2 unspecified atom stereocenters. The summed E-state index contributed by atoms with van der Waals surface area (Å²) in [6.45, 7) is 8.99. The fourth-order valence-corrected chi connectivity index (χ4v) is 2.32. The zero-order valence-corrected chi connectivity index (χ0v) is 12.6. The summed E-state index contributed by atoms with van der Waals surface area (Å²) in [6, 6.07) is 0.357.